The van der Waals surface area contributed by atoms with Crippen molar-refractivity contribution in [1.29, 1.82) is 0 Å². The van der Waals surface area contributed by atoms with Gasteiger partial charge in [-0.2, -0.15) is 0 Å². The Morgan fingerprint density at radius 3 is 2.76 bits per heavy atom. The summed E-state index contributed by atoms with van der Waals surface area (Å²) in [6.45, 7) is 4.58. The SMILES string of the molecule is CO[C@@H]1C[C@@H](CO)N(C(=O)c2ccc(C(C)C)c(Cl)c2)C1. The van der Waals surface area contributed by atoms with Crippen molar-refractivity contribution in [2.45, 2.75) is 38.3 Å². The summed E-state index contributed by atoms with van der Waals surface area (Å²) in [6.07, 6.45) is 0.646. The van der Waals surface area contributed by atoms with Gasteiger partial charge in [0.15, 0.2) is 0 Å². The number of likely N-dealkylation sites (tertiary alicyclic amines) is 1. The van der Waals surface area contributed by atoms with Gasteiger partial charge in [-0.05, 0) is 30.0 Å². The summed E-state index contributed by atoms with van der Waals surface area (Å²) >= 11 is 6.26. The molecular formula is C16H22ClNO3. The number of carbonyl (C=O) groups excluding carboxylic acids is 1. The van der Waals surface area contributed by atoms with Gasteiger partial charge in [-0.1, -0.05) is 31.5 Å². The molecule has 0 bridgehead atoms. The zero-order valence-corrected chi connectivity index (χ0v) is 13.4. The van der Waals surface area contributed by atoms with E-state index in [1.54, 1.807) is 24.1 Å². The Morgan fingerprint density at radius 2 is 2.24 bits per heavy atom. The van der Waals surface area contributed by atoms with Gasteiger partial charge in [-0.3, -0.25) is 4.79 Å². The minimum absolute atomic E-state index is 0.0171. The van der Waals surface area contributed by atoms with E-state index >= 15 is 0 Å². The first kappa shape index (κ1) is 16.3. The fraction of sp³-hybridized carbons (Fsp3) is 0.562. The van der Waals surface area contributed by atoms with Crippen molar-refractivity contribution in [2.75, 3.05) is 20.3 Å². The van der Waals surface area contributed by atoms with Crippen LogP contribution in [0.25, 0.3) is 0 Å². The van der Waals surface area contributed by atoms with Gasteiger partial charge in [-0.25, -0.2) is 0 Å². The lowest BCUT2D eigenvalue weighted by atomic mass is 10.0. The van der Waals surface area contributed by atoms with Crippen molar-refractivity contribution < 1.29 is 14.6 Å². The first-order valence-corrected chi connectivity index (χ1v) is 7.59. The van der Waals surface area contributed by atoms with Crippen LogP contribution in [0.4, 0.5) is 0 Å². The van der Waals surface area contributed by atoms with Gasteiger partial charge >= 0.3 is 0 Å². The summed E-state index contributed by atoms with van der Waals surface area (Å²) in [5.41, 5.74) is 1.59. The molecule has 1 N–H and O–H groups in total. The Hall–Kier alpha value is -1.10. The largest absolute Gasteiger partial charge is 0.394 e. The number of aliphatic hydroxyl groups excluding tert-OH is 1. The molecule has 1 aromatic rings. The summed E-state index contributed by atoms with van der Waals surface area (Å²) < 4.78 is 5.30. The highest BCUT2D eigenvalue weighted by Crippen LogP contribution is 2.27. The molecule has 116 valence electrons. The third-order valence-electron chi connectivity index (χ3n) is 4.05. The van der Waals surface area contributed by atoms with Crippen LogP contribution >= 0.6 is 11.6 Å². The van der Waals surface area contributed by atoms with E-state index in [0.717, 1.165) is 5.56 Å². The second kappa shape index (κ2) is 6.77. The summed E-state index contributed by atoms with van der Waals surface area (Å²) in [5, 5.41) is 10.1. The molecule has 5 heteroatoms. The summed E-state index contributed by atoms with van der Waals surface area (Å²) in [6, 6.07) is 5.23. The number of nitrogens with zero attached hydrogens (tertiary/aromatic N) is 1. The van der Waals surface area contributed by atoms with Gasteiger partial charge in [-0.15, -0.1) is 0 Å². The smallest absolute Gasteiger partial charge is 0.254 e. The Kier molecular flexibility index (Phi) is 5.25. The predicted octanol–water partition coefficient (Wildman–Crippen LogP) is 2.69. The molecule has 1 amide bonds. The van der Waals surface area contributed by atoms with Crippen LogP contribution < -0.4 is 0 Å². The molecule has 2 atom stereocenters. The van der Waals surface area contributed by atoms with Crippen molar-refractivity contribution in [3.05, 3.63) is 34.3 Å². The highest BCUT2D eigenvalue weighted by atomic mass is 35.5. The van der Waals surface area contributed by atoms with E-state index in [9.17, 15) is 9.90 Å². The zero-order chi connectivity index (χ0) is 15.6. The predicted molar refractivity (Wildman–Crippen MR) is 82.9 cm³/mol. The van der Waals surface area contributed by atoms with E-state index in [0.29, 0.717) is 29.5 Å². The number of rotatable bonds is 4. The van der Waals surface area contributed by atoms with Crippen molar-refractivity contribution in [3.63, 3.8) is 0 Å². The maximum absolute atomic E-state index is 12.6. The number of ether oxygens (including phenoxy) is 1. The van der Waals surface area contributed by atoms with E-state index < -0.39 is 0 Å². The van der Waals surface area contributed by atoms with Crippen molar-refractivity contribution >= 4 is 17.5 Å². The van der Waals surface area contributed by atoms with Crippen LogP contribution in [-0.2, 0) is 4.74 Å². The van der Waals surface area contributed by atoms with Crippen LogP contribution in [-0.4, -0.2) is 48.3 Å². The average molecular weight is 312 g/mol. The van der Waals surface area contributed by atoms with Crippen molar-refractivity contribution in [1.82, 2.24) is 4.90 Å². The van der Waals surface area contributed by atoms with Gasteiger partial charge < -0.3 is 14.7 Å². The highest BCUT2D eigenvalue weighted by molar-refractivity contribution is 6.31. The molecule has 0 saturated carbocycles. The minimum atomic E-state index is -0.189. The first-order valence-electron chi connectivity index (χ1n) is 7.22. The molecule has 1 aromatic carbocycles. The van der Waals surface area contributed by atoms with Gasteiger partial charge in [0, 0.05) is 24.2 Å². The number of hydrogen-bond acceptors (Lipinski definition) is 3. The van der Waals surface area contributed by atoms with Crippen molar-refractivity contribution in [2.24, 2.45) is 0 Å². The highest BCUT2D eigenvalue weighted by Gasteiger charge is 2.35. The normalized spacial score (nSPS) is 22.1. The average Bonchev–Trinajstić information content (AvgIpc) is 2.89. The maximum atomic E-state index is 12.6. The molecular weight excluding hydrogens is 290 g/mol. The molecule has 0 spiro atoms. The molecule has 0 aromatic heterocycles. The summed E-state index contributed by atoms with van der Waals surface area (Å²) in [4.78, 5) is 14.3. The molecule has 0 aliphatic carbocycles. The lowest BCUT2D eigenvalue weighted by Crippen LogP contribution is -2.38. The van der Waals surface area contributed by atoms with Crippen LogP contribution in [0.15, 0.2) is 18.2 Å². The molecule has 1 aliphatic heterocycles. The Balaban J connectivity index is 2.21. The number of aliphatic hydroxyl groups is 1. The topological polar surface area (TPSA) is 49.8 Å². The van der Waals surface area contributed by atoms with Crippen LogP contribution in [0, 0.1) is 0 Å². The molecule has 1 fully saturated rings. The number of carbonyl (C=O) groups is 1. The van der Waals surface area contributed by atoms with Crippen LogP contribution in [0.3, 0.4) is 0 Å². The van der Waals surface area contributed by atoms with Crippen LogP contribution in [0.1, 0.15) is 42.1 Å². The lowest BCUT2D eigenvalue weighted by molar-refractivity contribution is 0.0648. The first-order chi connectivity index (χ1) is 9.97. The fourth-order valence-corrected chi connectivity index (χ4v) is 3.16. The standard InChI is InChI=1S/C16H22ClNO3/c1-10(2)14-5-4-11(6-15(14)17)16(20)18-8-13(21-3)7-12(18)9-19/h4-6,10,12-13,19H,7-9H2,1-3H3/t12-,13+/m0/s1. The molecule has 1 saturated heterocycles. The lowest BCUT2D eigenvalue weighted by Gasteiger charge is -2.23. The second-order valence-corrected chi connectivity index (χ2v) is 6.19. The van der Waals surface area contributed by atoms with E-state index in [1.165, 1.54) is 0 Å². The molecule has 0 unspecified atom stereocenters. The number of amides is 1. The van der Waals surface area contributed by atoms with Crippen LogP contribution in [0.2, 0.25) is 5.02 Å². The van der Waals surface area contributed by atoms with Crippen molar-refractivity contribution in [3.8, 4) is 0 Å². The quantitative estimate of drug-likeness (QED) is 0.930. The zero-order valence-electron chi connectivity index (χ0n) is 12.7. The molecule has 0 radical (unpaired) electrons. The molecule has 21 heavy (non-hydrogen) atoms. The molecule has 2 rings (SSSR count). The molecule has 1 aliphatic rings. The van der Waals surface area contributed by atoms with Gasteiger partial charge in [0.05, 0.1) is 18.8 Å². The summed E-state index contributed by atoms with van der Waals surface area (Å²) in [7, 11) is 1.63. The molecule has 4 nitrogen and oxygen atoms in total. The molecule has 1 heterocycles. The number of halogens is 1. The number of methoxy groups -OCH3 is 1. The number of hydrogen-bond donors (Lipinski definition) is 1. The Morgan fingerprint density at radius 1 is 1.52 bits per heavy atom. The second-order valence-electron chi connectivity index (χ2n) is 5.78. The summed E-state index contributed by atoms with van der Waals surface area (Å²) in [5.74, 6) is 0.210. The van der Waals surface area contributed by atoms with E-state index in [1.807, 2.05) is 6.07 Å². The Bertz CT molecular complexity index is 518. The van der Waals surface area contributed by atoms with Crippen LogP contribution in [0.5, 0.6) is 0 Å². The minimum Gasteiger partial charge on any atom is -0.394 e. The third-order valence-corrected chi connectivity index (χ3v) is 4.38. The van der Waals surface area contributed by atoms with E-state index in [2.05, 4.69) is 13.8 Å². The van der Waals surface area contributed by atoms with Gasteiger partial charge in [0.2, 0.25) is 0 Å². The monoisotopic (exact) mass is 311 g/mol. The van der Waals surface area contributed by atoms with E-state index in [4.69, 9.17) is 16.3 Å². The maximum Gasteiger partial charge on any atom is 0.254 e. The third kappa shape index (κ3) is 3.39. The van der Waals surface area contributed by atoms with Gasteiger partial charge in [0.1, 0.15) is 0 Å². The van der Waals surface area contributed by atoms with Gasteiger partial charge in [0.25, 0.3) is 5.91 Å². The fourth-order valence-electron chi connectivity index (χ4n) is 2.76. The Labute approximate surface area is 130 Å². The van der Waals surface area contributed by atoms with E-state index in [-0.39, 0.29) is 24.7 Å². The number of benzene rings is 1.